The van der Waals surface area contributed by atoms with E-state index in [1.165, 1.54) is 11.1 Å². The van der Waals surface area contributed by atoms with E-state index in [9.17, 15) is 0 Å². The fourth-order valence-electron chi connectivity index (χ4n) is 1.93. The van der Waals surface area contributed by atoms with Crippen molar-refractivity contribution in [2.45, 2.75) is 27.3 Å². The summed E-state index contributed by atoms with van der Waals surface area (Å²) >= 11 is 0. The second-order valence-corrected chi connectivity index (χ2v) is 4.54. The Balaban J connectivity index is 2.36. The third-order valence-corrected chi connectivity index (χ3v) is 3.19. The van der Waals surface area contributed by atoms with Crippen LogP contribution < -0.4 is 10.5 Å². The molecule has 0 aliphatic rings. The zero-order valence-electron chi connectivity index (χ0n) is 11.3. The third kappa shape index (κ3) is 2.24. The molecule has 1 aromatic carbocycles. The number of benzene rings is 1. The highest BCUT2D eigenvalue weighted by Gasteiger charge is 2.14. The van der Waals surface area contributed by atoms with E-state index < -0.39 is 0 Å². The number of aryl methyl sites for hydroxylation is 4. The molecule has 0 saturated heterocycles. The van der Waals surface area contributed by atoms with Crippen LogP contribution in [0.15, 0.2) is 18.2 Å². The van der Waals surface area contributed by atoms with Crippen molar-refractivity contribution in [1.29, 1.82) is 0 Å². The lowest BCUT2D eigenvalue weighted by Crippen LogP contribution is -2.01. The van der Waals surface area contributed by atoms with Crippen molar-refractivity contribution in [3.63, 3.8) is 0 Å². The summed E-state index contributed by atoms with van der Waals surface area (Å²) in [5.41, 5.74) is 10.1. The average molecular weight is 245 g/mol. The Labute approximate surface area is 107 Å². The van der Waals surface area contributed by atoms with Gasteiger partial charge in [0.15, 0.2) is 0 Å². The Morgan fingerprint density at radius 1 is 1.22 bits per heavy atom. The summed E-state index contributed by atoms with van der Waals surface area (Å²) in [6, 6.07) is 6.04. The molecule has 2 aromatic rings. The number of aromatic nitrogens is 2. The van der Waals surface area contributed by atoms with Crippen molar-refractivity contribution in [2.24, 2.45) is 12.8 Å². The van der Waals surface area contributed by atoms with Gasteiger partial charge in [0.1, 0.15) is 5.75 Å². The molecule has 4 nitrogen and oxygen atoms in total. The van der Waals surface area contributed by atoms with Crippen molar-refractivity contribution in [1.82, 2.24) is 9.78 Å². The first kappa shape index (κ1) is 12.6. The van der Waals surface area contributed by atoms with E-state index in [1.54, 1.807) is 4.68 Å². The van der Waals surface area contributed by atoms with E-state index >= 15 is 0 Å². The standard InChI is InChI=1S/C14H19N3O/c1-9-5-6-12(7-10(9)2)18-14-13(8-15)11(3)16-17(14)4/h5-7H,8,15H2,1-4H3. The molecule has 0 aliphatic carbocycles. The van der Waals surface area contributed by atoms with Gasteiger partial charge in [-0.25, -0.2) is 4.68 Å². The van der Waals surface area contributed by atoms with Crippen LogP contribution in [-0.4, -0.2) is 9.78 Å². The zero-order valence-corrected chi connectivity index (χ0v) is 11.3. The van der Waals surface area contributed by atoms with Crippen LogP contribution in [0.4, 0.5) is 0 Å². The van der Waals surface area contributed by atoms with Gasteiger partial charge in [0, 0.05) is 13.6 Å². The van der Waals surface area contributed by atoms with Crippen LogP contribution >= 0.6 is 0 Å². The van der Waals surface area contributed by atoms with E-state index in [4.69, 9.17) is 10.5 Å². The van der Waals surface area contributed by atoms with Crippen molar-refractivity contribution in [2.75, 3.05) is 0 Å². The number of hydrogen-bond acceptors (Lipinski definition) is 3. The minimum Gasteiger partial charge on any atom is -0.439 e. The maximum absolute atomic E-state index is 5.91. The van der Waals surface area contributed by atoms with Crippen LogP contribution in [0.1, 0.15) is 22.4 Å². The van der Waals surface area contributed by atoms with Gasteiger partial charge in [-0.05, 0) is 44.0 Å². The monoisotopic (exact) mass is 245 g/mol. The quantitative estimate of drug-likeness (QED) is 0.904. The number of rotatable bonds is 3. The minimum absolute atomic E-state index is 0.430. The fourth-order valence-corrected chi connectivity index (χ4v) is 1.93. The molecule has 0 radical (unpaired) electrons. The highest BCUT2D eigenvalue weighted by molar-refractivity contribution is 5.39. The van der Waals surface area contributed by atoms with Gasteiger partial charge in [0.25, 0.3) is 0 Å². The summed E-state index contributed by atoms with van der Waals surface area (Å²) in [7, 11) is 1.86. The molecule has 96 valence electrons. The maximum Gasteiger partial charge on any atom is 0.222 e. The Morgan fingerprint density at radius 2 is 1.94 bits per heavy atom. The van der Waals surface area contributed by atoms with Gasteiger partial charge in [0.2, 0.25) is 5.88 Å². The largest absolute Gasteiger partial charge is 0.439 e. The Bertz CT molecular complexity index is 573. The molecule has 0 atom stereocenters. The first-order valence-corrected chi connectivity index (χ1v) is 6.00. The second-order valence-electron chi connectivity index (χ2n) is 4.54. The van der Waals surface area contributed by atoms with Gasteiger partial charge in [-0.1, -0.05) is 6.07 Å². The Kier molecular flexibility index (Phi) is 3.39. The van der Waals surface area contributed by atoms with Gasteiger partial charge in [0.05, 0.1) is 11.3 Å². The topological polar surface area (TPSA) is 53.1 Å². The molecule has 18 heavy (non-hydrogen) atoms. The molecular formula is C14H19N3O. The van der Waals surface area contributed by atoms with Crippen LogP contribution in [0.25, 0.3) is 0 Å². The molecular weight excluding hydrogens is 226 g/mol. The molecule has 0 amide bonds. The first-order valence-electron chi connectivity index (χ1n) is 6.00. The van der Waals surface area contributed by atoms with Crippen LogP contribution in [0.3, 0.4) is 0 Å². The number of hydrogen-bond donors (Lipinski definition) is 1. The summed E-state index contributed by atoms with van der Waals surface area (Å²) in [4.78, 5) is 0. The van der Waals surface area contributed by atoms with E-state index in [0.717, 1.165) is 22.9 Å². The lowest BCUT2D eigenvalue weighted by Gasteiger charge is -2.09. The highest BCUT2D eigenvalue weighted by atomic mass is 16.5. The lowest BCUT2D eigenvalue weighted by molar-refractivity contribution is 0.425. The molecule has 1 heterocycles. The van der Waals surface area contributed by atoms with Crippen LogP contribution in [-0.2, 0) is 13.6 Å². The number of nitrogens with zero attached hydrogens (tertiary/aromatic N) is 2. The molecule has 0 aliphatic heterocycles. The molecule has 0 bridgehead atoms. The smallest absolute Gasteiger partial charge is 0.222 e. The van der Waals surface area contributed by atoms with Gasteiger partial charge in [-0.2, -0.15) is 5.10 Å². The van der Waals surface area contributed by atoms with E-state index in [1.807, 2.05) is 26.1 Å². The second kappa shape index (κ2) is 4.82. The first-order chi connectivity index (χ1) is 8.52. The summed E-state index contributed by atoms with van der Waals surface area (Å²) in [5.74, 6) is 1.54. The minimum atomic E-state index is 0.430. The Morgan fingerprint density at radius 3 is 2.56 bits per heavy atom. The van der Waals surface area contributed by atoms with Crippen molar-refractivity contribution < 1.29 is 4.74 Å². The van der Waals surface area contributed by atoms with E-state index in [0.29, 0.717) is 6.54 Å². The Hall–Kier alpha value is -1.81. The summed E-state index contributed by atoms with van der Waals surface area (Å²) in [5, 5.41) is 4.33. The van der Waals surface area contributed by atoms with E-state index in [2.05, 4.69) is 25.0 Å². The lowest BCUT2D eigenvalue weighted by atomic mass is 10.1. The predicted molar refractivity (Wildman–Crippen MR) is 71.8 cm³/mol. The van der Waals surface area contributed by atoms with E-state index in [-0.39, 0.29) is 0 Å². The molecule has 1 aromatic heterocycles. The SMILES string of the molecule is Cc1ccc(Oc2c(CN)c(C)nn2C)cc1C. The highest BCUT2D eigenvalue weighted by Crippen LogP contribution is 2.27. The zero-order chi connectivity index (χ0) is 13.3. The van der Waals surface area contributed by atoms with Crippen molar-refractivity contribution in [3.05, 3.63) is 40.6 Å². The third-order valence-electron chi connectivity index (χ3n) is 3.19. The molecule has 0 unspecified atom stereocenters. The molecule has 2 N–H and O–H groups in total. The van der Waals surface area contributed by atoms with Crippen LogP contribution in [0, 0.1) is 20.8 Å². The van der Waals surface area contributed by atoms with Gasteiger partial charge < -0.3 is 10.5 Å². The molecule has 0 spiro atoms. The molecule has 0 saturated carbocycles. The van der Waals surface area contributed by atoms with Gasteiger partial charge in [-0.15, -0.1) is 0 Å². The van der Waals surface area contributed by atoms with Crippen molar-refractivity contribution >= 4 is 0 Å². The normalized spacial score (nSPS) is 10.7. The number of ether oxygens (including phenoxy) is 1. The van der Waals surface area contributed by atoms with Crippen LogP contribution in [0.5, 0.6) is 11.6 Å². The summed E-state index contributed by atoms with van der Waals surface area (Å²) < 4.78 is 7.64. The van der Waals surface area contributed by atoms with Crippen LogP contribution in [0.2, 0.25) is 0 Å². The maximum atomic E-state index is 5.91. The molecule has 4 heteroatoms. The summed E-state index contributed by atoms with van der Waals surface area (Å²) in [6.45, 7) is 6.52. The average Bonchev–Trinajstić information content (AvgIpc) is 2.58. The fraction of sp³-hybridized carbons (Fsp3) is 0.357. The predicted octanol–water partition coefficient (Wildman–Crippen LogP) is 2.60. The molecule has 0 fully saturated rings. The molecule has 2 rings (SSSR count). The summed E-state index contributed by atoms with van der Waals surface area (Å²) in [6.07, 6.45) is 0. The van der Waals surface area contributed by atoms with Crippen molar-refractivity contribution in [3.8, 4) is 11.6 Å². The number of nitrogens with two attached hydrogens (primary N) is 1. The van der Waals surface area contributed by atoms with Gasteiger partial charge in [-0.3, -0.25) is 0 Å². The van der Waals surface area contributed by atoms with Gasteiger partial charge >= 0.3 is 0 Å².